The number of aryl methyl sites for hydroxylation is 2. The van der Waals surface area contributed by atoms with Crippen molar-refractivity contribution in [1.29, 1.82) is 0 Å². The average molecular weight is 1260 g/mol. The molecule has 5 N–H and O–H groups in total. The molecule has 0 aromatic heterocycles. The van der Waals surface area contributed by atoms with Crippen LogP contribution in [0.5, 0.6) is 0 Å². The van der Waals surface area contributed by atoms with E-state index in [4.69, 9.17) is 37.4 Å². The second-order valence-electron chi connectivity index (χ2n) is 21.7. The molecule has 78 heavy (non-hydrogen) atoms. The van der Waals surface area contributed by atoms with Crippen molar-refractivity contribution in [2.45, 2.75) is 130 Å². The molecule has 0 aliphatic rings. The Morgan fingerprint density at radius 3 is 1.33 bits per heavy atom. The fourth-order valence-corrected chi connectivity index (χ4v) is 8.97. The van der Waals surface area contributed by atoms with E-state index >= 15 is 0 Å². The minimum atomic E-state index is -0.949. The molecule has 4 atom stereocenters. The minimum Gasteiger partial charge on any atom is -0.478 e. The van der Waals surface area contributed by atoms with Gasteiger partial charge in [-0.15, -0.1) is 24.0 Å². The SMILES string of the molecule is Cc1cc(-c2ccccc2[C@@H](C)OC[C@H](O)CNC(C)(C)Cc2ccc(Cl)c(F)c2)ccc1C(=O)O.Cc1cc(-c2ccccc2[C@@H](C)OC[C@H](O)CNC(C)(C)Cc2ccc(Cl)c(F)c2)ccc1C(=O)OC(C)(C)C.I.[V]. The molecule has 6 rings (SSSR count). The van der Waals surface area contributed by atoms with E-state index in [1.165, 1.54) is 12.1 Å². The first kappa shape index (κ1) is 68.0. The Hall–Kier alpha value is -4.23. The normalized spacial score (nSPS) is 13.2. The Morgan fingerprint density at radius 2 is 0.974 bits per heavy atom. The van der Waals surface area contributed by atoms with E-state index in [0.29, 0.717) is 37.1 Å². The summed E-state index contributed by atoms with van der Waals surface area (Å²) >= 11 is 11.6. The number of aromatic carboxylic acids is 1. The maximum Gasteiger partial charge on any atom is 0.338 e. The van der Waals surface area contributed by atoms with Crippen LogP contribution in [0.3, 0.4) is 0 Å². The van der Waals surface area contributed by atoms with Crippen molar-refractivity contribution in [2.24, 2.45) is 0 Å². The maximum absolute atomic E-state index is 13.8. The van der Waals surface area contributed by atoms with Crippen LogP contribution in [0.25, 0.3) is 22.3 Å². The van der Waals surface area contributed by atoms with Gasteiger partial charge in [0.15, 0.2) is 0 Å². The van der Waals surface area contributed by atoms with Crippen molar-refractivity contribution in [3.8, 4) is 22.3 Å². The van der Waals surface area contributed by atoms with Gasteiger partial charge in [-0.1, -0.05) is 108 Å². The maximum atomic E-state index is 13.8. The summed E-state index contributed by atoms with van der Waals surface area (Å²) in [6.07, 6.45) is -0.894. The van der Waals surface area contributed by atoms with E-state index in [-0.39, 0.29) is 101 Å². The number of carboxylic acids is 1. The van der Waals surface area contributed by atoms with Gasteiger partial charge in [-0.05, 0) is 181 Å². The third kappa shape index (κ3) is 21.0. The number of carboxylic acid groups (broad SMARTS) is 1. The zero-order valence-electron chi connectivity index (χ0n) is 46.3. The number of benzene rings is 6. The third-order valence-electron chi connectivity index (χ3n) is 12.7. The second kappa shape index (κ2) is 30.6. The number of β-amino-alcohol motifs (C(OH)–C–C–N with tert-alkyl or cyclic N) is 2. The molecule has 6 aromatic carbocycles. The zero-order valence-corrected chi connectivity index (χ0v) is 51.6. The standard InChI is InChI=1S/C33H41ClFNO4.C29H33ClFNO4.HI.V/c1-21-16-24(13-14-26(21)31(38)40-32(3,4)5)28-11-9-8-10-27(28)22(2)39-20-25(37)19-36-33(6,7)18-23-12-15-29(34)30(35)17-23;1-18-13-21(10-11-23(18)28(34)35)25-8-6-5-7-24(25)19(2)36-17-22(33)16-32-29(3,4)15-20-9-12-26(30)27(31)14-20;;/h8-17,22,25,36-37H,18-20H2,1-7H3;5-14,19,22,32-33H,15-17H2,1-4H3,(H,34,35);1H;/t22-,25-;19-,22-;;/m11../s1. The van der Waals surface area contributed by atoms with Crippen LogP contribution in [-0.4, -0.2) is 82.4 Å². The van der Waals surface area contributed by atoms with Crippen molar-refractivity contribution in [1.82, 2.24) is 10.6 Å². The van der Waals surface area contributed by atoms with Crippen LogP contribution in [0.15, 0.2) is 121 Å². The smallest absolute Gasteiger partial charge is 0.338 e. The van der Waals surface area contributed by atoms with Gasteiger partial charge < -0.3 is 40.2 Å². The molecule has 421 valence electrons. The Labute approximate surface area is 498 Å². The number of carbonyl (C=O) groups is 2. The van der Waals surface area contributed by atoms with Gasteiger partial charge in [-0.2, -0.15) is 0 Å². The number of rotatable bonds is 22. The van der Waals surface area contributed by atoms with E-state index in [0.717, 1.165) is 50.1 Å². The number of hydrogen-bond donors (Lipinski definition) is 5. The van der Waals surface area contributed by atoms with Gasteiger partial charge in [0.2, 0.25) is 0 Å². The Kier molecular flexibility index (Phi) is 26.7. The van der Waals surface area contributed by atoms with Crippen LogP contribution in [0.1, 0.15) is 129 Å². The molecule has 1 radical (unpaired) electrons. The van der Waals surface area contributed by atoms with E-state index in [9.17, 15) is 33.7 Å². The first-order valence-corrected chi connectivity index (χ1v) is 26.2. The van der Waals surface area contributed by atoms with Gasteiger partial charge in [0.25, 0.3) is 0 Å². The van der Waals surface area contributed by atoms with Crippen LogP contribution in [-0.2, 0) is 45.6 Å². The number of ether oxygens (including phenoxy) is 3. The zero-order chi connectivity index (χ0) is 56.1. The molecule has 0 unspecified atom stereocenters. The van der Waals surface area contributed by atoms with Crippen LogP contribution in [0, 0.1) is 25.5 Å². The first-order valence-electron chi connectivity index (χ1n) is 25.5. The summed E-state index contributed by atoms with van der Waals surface area (Å²) < 4.78 is 45.2. The number of nitrogens with one attached hydrogen (secondary N) is 2. The Morgan fingerprint density at radius 1 is 0.590 bits per heavy atom. The van der Waals surface area contributed by atoms with Crippen LogP contribution >= 0.6 is 47.2 Å². The molecule has 6 aromatic rings. The molecule has 0 amide bonds. The first-order chi connectivity index (χ1) is 35.6. The Bertz CT molecular complexity index is 2940. The molecule has 0 fully saturated rings. The molecule has 0 heterocycles. The van der Waals surface area contributed by atoms with Gasteiger partial charge in [0.05, 0.1) is 58.8 Å². The van der Waals surface area contributed by atoms with E-state index in [1.54, 1.807) is 49.4 Å². The summed E-state index contributed by atoms with van der Waals surface area (Å²) in [4.78, 5) is 24.0. The Balaban J connectivity index is 0.000000402. The topological polar surface area (TPSA) is 147 Å². The largest absolute Gasteiger partial charge is 0.478 e. The molecule has 0 bridgehead atoms. The number of esters is 1. The van der Waals surface area contributed by atoms with E-state index in [2.05, 4.69) is 10.6 Å². The van der Waals surface area contributed by atoms with Crippen molar-refractivity contribution in [2.75, 3.05) is 26.3 Å². The summed E-state index contributed by atoms with van der Waals surface area (Å²) in [6, 6.07) is 36.3. The van der Waals surface area contributed by atoms with Crippen molar-refractivity contribution in [3.05, 3.63) is 188 Å². The molecule has 0 aliphatic carbocycles. The molecule has 0 saturated carbocycles. The molecule has 0 saturated heterocycles. The van der Waals surface area contributed by atoms with Crippen LogP contribution in [0.2, 0.25) is 10.0 Å². The van der Waals surface area contributed by atoms with Crippen LogP contribution in [0.4, 0.5) is 8.78 Å². The van der Waals surface area contributed by atoms with Crippen LogP contribution < -0.4 is 10.6 Å². The van der Waals surface area contributed by atoms with E-state index in [1.807, 2.05) is 136 Å². The number of aliphatic hydroxyl groups is 2. The molecule has 10 nitrogen and oxygen atoms in total. The van der Waals surface area contributed by atoms with Gasteiger partial charge in [0.1, 0.15) is 17.2 Å². The number of aliphatic hydroxyl groups excluding tert-OH is 2. The van der Waals surface area contributed by atoms with Gasteiger partial charge in [-0.25, -0.2) is 18.4 Å². The summed E-state index contributed by atoms with van der Waals surface area (Å²) in [5.41, 5.74) is 8.44. The quantitative estimate of drug-likeness (QED) is 0.0329. The average Bonchev–Trinajstić information content (AvgIpc) is 3.35. The fourth-order valence-electron chi connectivity index (χ4n) is 8.73. The molecule has 16 heteroatoms. The number of hydrogen-bond acceptors (Lipinski definition) is 9. The fraction of sp³-hybridized carbons (Fsp3) is 0.387. The van der Waals surface area contributed by atoms with Gasteiger partial charge >= 0.3 is 11.9 Å². The number of halogens is 5. The molecular weight excluding hydrogens is 1190 g/mol. The minimum absolute atomic E-state index is 0. The van der Waals surface area contributed by atoms with Crippen molar-refractivity contribution >= 4 is 59.1 Å². The molecule has 0 spiro atoms. The number of carbonyl (C=O) groups excluding carboxylic acids is 1. The second-order valence-corrected chi connectivity index (χ2v) is 22.5. The molecule has 0 aliphatic heterocycles. The predicted molar refractivity (Wildman–Crippen MR) is 316 cm³/mol. The van der Waals surface area contributed by atoms with Crippen molar-refractivity contribution < 1.29 is 66.5 Å². The summed E-state index contributed by atoms with van der Waals surface area (Å²) in [7, 11) is 0. The van der Waals surface area contributed by atoms with Crippen molar-refractivity contribution in [3.63, 3.8) is 0 Å². The van der Waals surface area contributed by atoms with Gasteiger partial charge in [0, 0.05) is 42.7 Å². The van der Waals surface area contributed by atoms with Gasteiger partial charge in [-0.3, -0.25) is 0 Å². The van der Waals surface area contributed by atoms with E-state index < -0.39 is 35.4 Å². The summed E-state index contributed by atoms with van der Waals surface area (Å²) in [6.45, 7) is 22.0. The molecular formula is C62H75Cl2F2IN2O8V. The monoisotopic (exact) mass is 1260 g/mol. The summed E-state index contributed by atoms with van der Waals surface area (Å²) in [5.74, 6) is -2.17. The summed E-state index contributed by atoms with van der Waals surface area (Å²) in [5, 5.41) is 37.4. The third-order valence-corrected chi connectivity index (χ3v) is 13.3. The predicted octanol–water partition coefficient (Wildman–Crippen LogP) is 14.3.